The summed E-state index contributed by atoms with van der Waals surface area (Å²) in [6.45, 7) is 4.68. The molecule has 0 bridgehead atoms. The van der Waals surface area contributed by atoms with Crippen LogP contribution in [0.5, 0.6) is 5.75 Å². The van der Waals surface area contributed by atoms with E-state index in [4.69, 9.17) is 9.72 Å². The van der Waals surface area contributed by atoms with Crippen molar-refractivity contribution in [3.63, 3.8) is 0 Å². The molecule has 3 heteroatoms. The summed E-state index contributed by atoms with van der Waals surface area (Å²) in [5, 5.41) is 0. The molecule has 1 atom stereocenters. The van der Waals surface area contributed by atoms with Crippen LogP contribution in [0.4, 0.5) is 0 Å². The summed E-state index contributed by atoms with van der Waals surface area (Å²) < 4.78 is 6.57. The molecule has 2 aromatic rings. The zero-order valence-electron chi connectivity index (χ0n) is 14.5. The average molecular weight is 320 g/mol. The van der Waals surface area contributed by atoms with Crippen molar-refractivity contribution >= 4 is 0 Å². The highest BCUT2D eigenvalue weighted by atomic mass is 16.5. The maximum absolute atomic E-state index is 6.57. The van der Waals surface area contributed by atoms with Gasteiger partial charge in [0.15, 0.2) is 0 Å². The molecular formula is C21H24N2O. The summed E-state index contributed by atoms with van der Waals surface area (Å²) in [6.07, 6.45) is 10.9. The number of hydrogen-bond acceptors (Lipinski definition) is 3. The van der Waals surface area contributed by atoms with Crippen molar-refractivity contribution in [3.05, 3.63) is 41.9 Å². The molecule has 2 saturated carbocycles. The first-order chi connectivity index (χ1) is 11.6. The van der Waals surface area contributed by atoms with E-state index < -0.39 is 0 Å². The lowest BCUT2D eigenvalue weighted by atomic mass is 9.74. The molecule has 3 nitrogen and oxygen atoms in total. The van der Waals surface area contributed by atoms with Crippen molar-refractivity contribution < 1.29 is 4.74 Å². The third-order valence-corrected chi connectivity index (χ3v) is 6.33. The Morgan fingerprint density at radius 3 is 2.50 bits per heavy atom. The monoisotopic (exact) mass is 320 g/mol. The molecule has 1 aliphatic heterocycles. The molecule has 0 amide bonds. The number of aromatic nitrogens is 2. The van der Waals surface area contributed by atoms with Crippen LogP contribution in [0.15, 0.2) is 30.6 Å². The molecule has 0 N–H and O–H groups in total. The third kappa shape index (κ3) is 2.17. The molecular weight excluding hydrogens is 296 g/mol. The van der Waals surface area contributed by atoms with E-state index >= 15 is 0 Å². The summed E-state index contributed by atoms with van der Waals surface area (Å²) in [7, 11) is 0. The lowest BCUT2D eigenvalue weighted by Crippen LogP contribution is -2.46. The van der Waals surface area contributed by atoms with E-state index in [2.05, 4.69) is 37.0 Å². The zero-order chi connectivity index (χ0) is 16.4. The maximum atomic E-state index is 6.57. The van der Waals surface area contributed by atoms with Gasteiger partial charge in [0, 0.05) is 29.6 Å². The Hall–Kier alpha value is -1.90. The molecule has 1 spiro atoms. The second-order valence-corrected chi connectivity index (χ2v) is 8.50. The van der Waals surface area contributed by atoms with Crippen LogP contribution in [0.1, 0.15) is 63.1 Å². The molecule has 124 valence electrons. The second-order valence-electron chi connectivity index (χ2n) is 8.50. The number of aryl methyl sites for hydroxylation is 1. The van der Waals surface area contributed by atoms with E-state index in [-0.39, 0.29) is 5.60 Å². The highest BCUT2D eigenvalue weighted by Gasteiger charge is 2.49. The third-order valence-electron chi connectivity index (χ3n) is 6.33. The fourth-order valence-corrected chi connectivity index (χ4v) is 4.32. The van der Waals surface area contributed by atoms with Gasteiger partial charge in [0.1, 0.15) is 17.0 Å². The van der Waals surface area contributed by atoms with E-state index in [1.807, 2.05) is 12.4 Å². The molecule has 0 aromatic carbocycles. The molecule has 2 aromatic heterocycles. The molecule has 5 rings (SSSR count). The summed E-state index contributed by atoms with van der Waals surface area (Å²) in [5.74, 6) is 1.62. The van der Waals surface area contributed by atoms with Crippen LogP contribution < -0.4 is 4.74 Å². The van der Waals surface area contributed by atoms with Gasteiger partial charge >= 0.3 is 0 Å². The van der Waals surface area contributed by atoms with Gasteiger partial charge in [-0.25, -0.2) is 4.98 Å². The highest BCUT2D eigenvalue weighted by molar-refractivity contribution is 5.69. The molecule has 0 saturated heterocycles. The number of ether oxygens (including phenoxy) is 1. The van der Waals surface area contributed by atoms with Gasteiger partial charge in [-0.3, -0.25) is 4.98 Å². The first kappa shape index (κ1) is 14.4. The molecule has 2 aliphatic carbocycles. The van der Waals surface area contributed by atoms with Crippen LogP contribution >= 0.6 is 0 Å². The summed E-state index contributed by atoms with van der Waals surface area (Å²) in [5.41, 5.74) is 5.24. The minimum atomic E-state index is 0.0941. The Morgan fingerprint density at radius 2 is 1.88 bits per heavy atom. The Morgan fingerprint density at radius 1 is 1.12 bits per heavy atom. The predicted molar refractivity (Wildman–Crippen MR) is 94.1 cm³/mol. The Bertz CT molecular complexity index is 793. The van der Waals surface area contributed by atoms with E-state index in [1.165, 1.54) is 36.9 Å². The van der Waals surface area contributed by atoms with Gasteiger partial charge in [0.25, 0.3) is 0 Å². The van der Waals surface area contributed by atoms with Gasteiger partial charge < -0.3 is 4.74 Å². The highest BCUT2D eigenvalue weighted by Crippen LogP contribution is 2.59. The summed E-state index contributed by atoms with van der Waals surface area (Å²) in [6, 6.07) is 6.43. The van der Waals surface area contributed by atoms with Crippen molar-refractivity contribution in [3.8, 4) is 17.0 Å². The fraction of sp³-hybridized carbons (Fsp3) is 0.524. The number of nitrogens with zero attached hydrogens (tertiary/aromatic N) is 2. The Kier molecular flexibility index (Phi) is 2.89. The summed E-state index contributed by atoms with van der Waals surface area (Å²) >= 11 is 0. The lowest BCUT2D eigenvalue weighted by molar-refractivity contribution is -0.0247. The molecule has 0 unspecified atom stereocenters. The average Bonchev–Trinajstić information content (AvgIpc) is 3.21. The fourth-order valence-electron chi connectivity index (χ4n) is 4.32. The van der Waals surface area contributed by atoms with Crippen molar-refractivity contribution in [2.45, 2.75) is 63.9 Å². The van der Waals surface area contributed by atoms with Gasteiger partial charge in [0.2, 0.25) is 0 Å². The summed E-state index contributed by atoms with van der Waals surface area (Å²) in [4.78, 5) is 9.25. The first-order valence-electron chi connectivity index (χ1n) is 9.20. The van der Waals surface area contributed by atoms with E-state index in [1.54, 1.807) is 0 Å². The quantitative estimate of drug-likeness (QED) is 0.789. The van der Waals surface area contributed by atoms with Crippen LogP contribution in [-0.4, -0.2) is 15.6 Å². The van der Waals surface area contributed by atoms with Gasteiger partial charge in [-0.05, 0) is 67.7 Å². The van der Waals surface area contributed by atoms with Gasteiger partial charge in [0.05, 0.1) is 0 Å². The Balaban J connectivity index is 1.64. The predicted octanol–water partition coefficient (Wildman–Crippen LogP) is 4.90. The van der Waals surface area contributed by atoms with Crippen LogP contribution in [0, 0.1) is 5.41 Å². The molecule has 24 heavy (non-hydrogen) atoms. The van der Waals surface area contributed by atoms with Gasteiger partial charge in [-0.1, -0.05) is 13.8 Å². The zero-order valence-corrected chi connectivity index (χ0v) is 14.5. The SMILES string of the molecule is CC1(C)C[C@@H]1c1cc2c(c(-c3ccncc3)n1)OC1(CCC1)CC2. The first-order valence-corrected chi connectivity index (χ1v) is 9.20. The lowest BCUT2D eigenvalue weighted by Gasteiger charge is -2.45. The second kappa shape index (κ2) is 4.81. The van der Waals surface area contributed by atoms with Crippen LogP contribution in [-0.2, 0) is 6.42 Å². The number of fused-ring (bicyclic) bond motifs is 1. The van der Waals surface area contributed by atoms with Crippen LogP contribution in [0.2, 0.25) is 0 Å². The number of rotatable bonds is 2. The van der Waals surface area contributed by atoms with Gasteiger partial charge in [-0.15, -0.1) is 0 Å². The Labute approximate surface area is 143 Å². The largest absolute Gasteiger partial charge is 0.485 e. The van der Waals surface area contributed by atoms with E-state index in [0.717, 1.165) is 29.8 Å². The minimum Gasteiger partial charge on any atom is -0.485 e. The van der Waals surface area contributed by atoms with Crippen LogP contribution in [0.3, 0.4) is 0 Å². The standard InChI is InChI=1S/C21H24N2O/c1-20(2)13-16(20)17-12-15-4-9-21(7-3-8-21)24-19(15)18(23-17)14-5-10-22-11-6-14/h5-6,10-12,16H,3-4,7-9,13H2,1-2H3/t16-/m1/s1. The molecule has 3 aliphatic rings. The van der Waals surface area contributed by atoms with Gasteiger partial charge in [-0.2, -0.15) is 0 Å². The maximum Gasteiger partial charge on any atom is 0.149 e. The number of pyridine rings is 2. The number of hydrogen-bond donors (Lipinski definition) is 0. The molecule has 3 heterocycles. The normalized spacial score (nSPS) is 25.5. The van der Waals surface area contributed by atoms with E-state index in [0.29, 0.717) is 11.3 Å². The van der Waals surface area contributed by atoms with Crippen molar-refractivity contribution in [1.82, 2.24) is 9.97 Å². The molecule has 2 fully saturated rings. The van der Waals surface area contributed by atoms with Crippen LogP contribution in [0.25, 0.3) is 11.3 Å². The smallest absolute Gasteiger partial charge is 0.149 e. The van der Waals surface area contributed by atoms with E-state index in [9.17, 15) is 0 Å². The minimum absolute atomic E-state index is 0.0941. The van der Waals surface area contributed by atoms with Crippen molar-refractivity contribution in [2.24, 2.45) is 5.41 Å². The molecule has 0 radical (unpaired) electrons. The van der Waals surface area contributed by atoms with Crippen molar-refractivity contribution in [2.75, 3.05) is 0 Å². The topological polar surface area (TPSA) is 35.0 Å². The van der Waals surface area contributed by atoms with Crippen molar-refractivity contribution in [1.29, 1.82) is 0 Å².